The lowest BCUT2D eigenvalue weighted by molar-refractivity contribution is -0.174. The van der Waals surface area contributed by atoms with Gasteiger partial charge in [-0.2, -0.15) is 13.2 Å². The molecule has 0 radical (unpaired) electrons. The van der Waals surface area contributed by atoms with Crippen molar-refractivity contribution in [2.45, 2.75) is 12.6 Å². The Morgan fingerprint density at radius 1 is 1.18 bits per heavy atom. The van der Waals surface area contributed by atoms with E-state index in [0.717, 1.165) is 0 Å². The first-order chi connectivity index (χ1) is 7.97. The number of nitrogen functional groups attached to an aromatic ring is 1. The molecule has 0 unspecified atom stereocenters. The van der Waals surface area contributed by atoms with Gasteiger partial charge in [0.15, 0.2) is 0 Å². The molecule has 0 aliphatic carbocycles. The van der Waals surface area contributed by atoms with Crippen LogP contribution in [0.3, 0.4) is 0 Å². The maximum absolute atomic E-state index is 11.7. The van der Waals surface area contributed by atoms with Crippen molar-refractivity contribution in [3.8, 4) is 5.75 Å². The van der Waals surface area contributed by atoms with Crippen molar-refractivity contribution in [3.05, 3.63) is 24.3 Å². The Balaban J connectivity index is 2.09. The highest BCUT2D eigenvalue weighted by atomic mass is 19.4. The van der Waals surface area contributed by atoms with Gasteiger partial charge in [-0.1, -0.05) is 6.07 Å². The lowest BCUT2D eigenvalue weighted by atomic mass is 10.3. The third kappa shape index (κ3) is 6.68. The molecule has 0 amide bonds. The summed E-state index contributed by atoms with van der Waals surface area (Å²) in [5.74, 6) is 0.598. The number of nitrogens with two attached hydrogens (primary N) is 1. The van der Waals surface area contributed by atoms with E-state index >= 15 is 0 Å². The Bertz CT molecular complexity index is 342. The summed E-state index contributed by atoms with van der Waals surface area (Å²) in [6, 6.07) is 6.84. The van der Waals surface area contributed by atoms with Crippen molar-refractivity contribution in [2.24, 2.45) is 0 Å². The van der Waals surface area contributed by atoms with Crippen LogP contribution in [0.4, 0.5) is 18.9 Å². The van der Waals surface area contributed by atoms with E-state index in [1.165, 1.54) is 0 Å². The molecule has 0 bridgehead atoms. The van der Waals surface area contributed by atoms with Gasteiger partial charge in [-0.3, -0.25) is 0 Å². The number of hydrogen-bond donors (Lipinski definition) is 1. The summed E-state index contributed by atoms with van der Waals surface area (Å²) in [6.45, 7) is -0.908. The van der Waals surface area contributed by atoms with E-state index in [1.54, 1.807) is 24.3 Å². The molecule has 1 aromatic rings. The number of alkyl halides is 3. The third-order valence-corrected chi connectivity index (χ3v) is 1.83. The van der Waals surface area contributed by atoms with Crippen LogP contribution in [0.5, 0.6) is 5.75 Å². The first kappa shape index (κ1) is 13.6. The molecule has 0 heterocycles. The molecule has 3 nitrogen and oxygen atoms in total. The Labute approximate surface area is 97.3 Å². The van der Waals surface area contributed by atoms with Crippen molar-refractivity contribution in [2.75, 3.05) is 25.6 Å². The SMILES string of the molecule is Nc1cccc(OCCCOCC(F)(F)F)c1. The first-order valence-electron chi connectivity index (χ1n) is 5.10. The Morgan fingerprint density at radius 2 is 1.94 bits per heavy atom. The lowest BCUT2D eigenvalue weighted by Crippen LogP contribution is -2.18. The minimum absolute atomic E-state index is 0.0157. The van der Waals surface area contributed by atoms with Gasteiger partial charge >= 0.3 is 6.18 Å². The van der Waals surface area contributed by atoms with Gasteiger partial charge in [0.1, 0.15) is 12.4 Å². The highest BCUT2D eigenvalue weighted by Gasteiger charge is 2.27. The van der Waals surface area contributed by atoms with E-state index in [2.05, 4.69) is 4.74 Å². The molecule has 96 valence electrons. The van der Waals surface area contributed by atoms with E-state index in [1.807, 2.05) is 0 Å². The van der Waals surface area contributed by atoms with E-state index in [0.29, 0.717) is 24.5 Å². The van der Waals surface area contributed by atoms with E-state index in [9.17, 15) is 13.2 Å². The van der Waals surface area contributed by atoms with Crippen LogP contribution >= 0.6 is 0 Å². The maximum atomic E-state index is 11.7. The average molecular weight is 249 g/mol. The van der Waals surface area contributed by atoms with Crippen molar-refractivity contribution < 1.29 is 22.6 Å². The molecular formula is C11H14F3NO2. The van der Waals surface area contributed by atoms with Crippen LogP contribution in [0.2, 0.25) is 0 Å². The number of rotatable bonds is 6. The molecule has 0 aliphatic rings. The molecule has 0 saturated carbocycles. The first-order valence-corrected chi connectivity index (χ1v) is 5.10. The molecule has 0 saturated heterocycles. The van der Waals surface area contributed by atoms with Gasteiger partial charge in [0.2, 0.25) is 0 Å². The molecule has 2 N–H and O–H groups in total. The number of ether oxygens (including phenoxy) is 2. The molecule has 0 fully saturated rings. The van der Waals surface area contributed by atoms with Gasteiger partial charge in [-0.15, -0.1) is 0 Å². The fourth-order valence-electron chi connectivity index (χ4n) is 1.14. The van der Waals surface area contributed by atoms with Gasteiger partial charge in [0.05, 0.1) is 13.2 Å². The predicted octanol–water partition coefficient (Wildman–Crippen LogP) is 2.62. The minimum atomic E-state index is -4.27. The normalized spacial score (nSPS) is 11.5. The standard InChI is InChI=1S/C11H14F3NO2/c12-11(13,14)8-16-5-2-6-17-10-4-1-3-9(15)7-10/h1,3-4,7H,2,5-6,8,15H2. The summed E-state index contributed by atoms with van der Waals surface area (Å²) in [4.78, 5) is 0. The quantitative estimate of drug-likeness (QED) is 0.622. The topological polar surface area (TPSA) is 44.5 Å². The summed E-state index contributed by atoms with van der Waals surface area (Å²) in [7, 11) is 0. The smallest absolute Gasteiger partial charge is 0.411 e. The summed E-state index contributed by atoms with van der Waals surface area (Å²) < 4.78 is 44.8. The minimum Gasteiger partial charge on any atom is -0.493 e. The zero-order chi connectivity index (χ0) is 12.7. The predicted molar refractivity (Wildman–Crippen MR) is 57.8 cm³/mol. The highest BCUT2D eigenvalue weighted by molar-refractivity contribution is 5.43. The molecule has 0 atom stereocenters. The largest absolute Gasteiger partial charge is 0.493 e. The second-order valence-corrected chi connectivity index (χ2v) is 3.44. The molecule has 0 spiro atoms. The van der Waals surface area contributed by atoms with Crippen LogP contribution in [0.25, 0.3) is 0 Å². The van der Waals surface area contributed by atoms with Crippen LogP contribution in [0, 0.1) is 0 Å². The van der Waals surface area contributed by atoms with Crippen LogP contribution in [-0.4, -0.2) is 26.0 Å². The molecule has 1 rings (SSSR count). The Morgan fingerprint density at radius 3 is 2.59 bits per heavy atom. The fourth-order valence-corrected chi connectivity index (χ4v) is 1.14. The van der Waals surface area contributed by atoms with Gasteiger partial charge < -0.3 is 15.2 Å². The molecule has 0 aromatic heterocycles. The monoisotopic (exact) mass is 249 g/mol. The van der Waals surface area contributed by atoms with E-state index in [4.69, 9.17) is 10.5 Å². The average Bonchev–Trinajstić information content (AvgIpc) is 2.22. The van der Waals surface area contributed by atoms with E-state index < -0.39 is 12.8 Å². The van der Waals surface area contributed by atoms with Gasteiger partial charge in [-0.05, 0) is 12.1 Å². The van der Waals surface area contributed by atoms with Crippen LogP contribution in [-0.2, 0) is 4.74 Å². The van der Waals surface area contributed by atoms with Crippen molar-refractivity contribution in [1.82, 2.24) is 0 Å². The van der Waals surface area contributed by atoms with Crippen molar-refractivity contribution in [1.29, 1.82) is 0 Å². The summed E-state index contributed by atoms with van der Waals surface area (Å²) >= 11 is 0. The summed E-state index contributed by atoms with van der Waals surface area (Å²) in [6.07, 6.45) is -3.88. The number of hydrogen-bond acceptors (Lipinski definition) is 3. The number of halogens is 3. The third-order valence-electron chi connectivity index (χ3n) is 1.83. The van der Waals surface area contributed by atoms with Crippen LogP contribution in [0.15, 0.2) is 24.3 Å². The summed E-state index contributed by atoms with van der Waals surface area (Å²) in [5.41, 5.74) is 6.11. The number of anilines is 1. The van der Waals surface area contributed by atoms with E-state index in [-0.39, 0.29) is 6.61 Å². The molecule has 1 aromatic carbocycles. The van der Waals surface area contributed by atoms with Crippen LogP contribution < -0.4 is 10.5 Å². The maximum Gasteiger partial charge on any atom is 0.411 e. The molecule has 6 heteroatoms. The Hall–Kier alpha value is -1.43. The second-order valence-electron chi connectivity index (χ2n) is 3.44. The van der Waals surface area contributed by atoms with Crippen LogP contribution in [0.1, 0.15) is 6.42 Å². The Kier molecular flexibility index (Phi) is 5.09. The molecule has 0 aliphatic heterocycles. The van der Waals surface area contributed by atoms with Gasteiger partial charge in [0, 0.05) is 18.2 Å². The summed E-state index contributed by atoms with van der Waals surface area (Å²) in [5, 5.41) is 0. The zero-order valence-electron chi connectivity index (χ0n) is 9.17. The fraction of sp³-hybridized carbons (Fsp3) is 0.455. The number of benzene rings is 1. The highest BCUT2D eigenvalue weighted by Crippen LogP contribution is 2.15. The molecule has 17 heavy (non-hydrogen) atoms. The molecular weight excluding hydrogens is 235 g/mol. The van der Waals surface area contributed by atoms with Crippen molar-refractivity contribution >= 4 is 5.69 Å². The van der Waals surface area contributed by atoms with Crippen molar-refractivity contribution in [3.63, 3.8) is 0 Å². The zero-order valence-corrected chi connectivity index (χ0v) is 9.17. The van der Waals surface area contributed by atoms with Gasteiger partial charge in [-0.25, -0.2) is 0 Å². The second kappa shape index (κ2) is 6.34. The lowest BCUT2D eigenvalue weighted by Gasteiger charge is -2.08. The van der Waals surface area contributed by atoms with Gasteiger partial charge in [0.25, 0.3) is 0 Å².